The highest BCUT2D eigenvalue weighted by atomic mass is 16.5. The van der Waals surface area contributed by atoms with Gasteiger partial charge >= 0.3 is 0 Å². The summed E-state index contributed by atoms with van der Waals surface area (Å²) in [6.45, 7) is 4.14. The molecular formula is C31H33NO3. The molecule has 3 aromatic rings. The summed E-state index contributed by atoms with van der Waals surface area (Å²) in [5.41, 5.74) is 8.33. The van der Waals surface area contributed by atoms with Crippen molar-refractivity contribution in [3.05, 3.63) is 94.5 Å². The topological polar surface area (TPSA) is 38.8 Å². The fourth-order valence-corrected chi connectivity index (χ4v) is 5.22. The molecule has 0 saturated carbocycles. The van der Waals surface area contributed by atoms with E-state index in [1.54, 1.807) is 7.11 Å². The van der Waals surface area contributed by atoms with E-state index in [2.05, 4.69) is 53.4 Å². The number of fused-ring (bicyclic) bond motifs is 1. The van der Waals surface area contributed by atoms with Gasteiger partial charge in [-0.2, -0.15) is 0 Å². The zero-order valence-corrected chi connectivity index (χ0v) is 20.5. The van der Waals surface area contributed by atoms with Crippen LogP contribution < -0.4 is 9.47 Å². The van der Waals surface area contributed by atoms with Gasteiger partial charge in [0, 0.05) is 12.1 Å². The van der Waals surface area contributed by atoms with E-state index in [0.717, 1.165) is 43.8 Å². The Morgan fingerprint density at radius 3 is 2.34 bits per heavy atom. The van der Waals surface area contributed by atoms with E-state index in [0.29, 0.717) is 5.56 Å². The molecule has 0 radical (unpaired) electrons. The minimum absolute atomic E-state index is 0.698. The molecule has 0 aromatic heterocycles. The van der Waals surface area contributed by atoms with Crippen molar-refractivity contribution in [1.29, 1.82) is 0 Å². The van der Waals surface area contributed by atoms with Crippen LogP contribution in [-0.2, 0) is 12.8 Å². The zero-order chi connectivity index (χ0) is 24.0. The third-order valence-corrected chi connectivity index (χ3v) is 7.19. The first-order valence-electron chi connectivity index (χ1n) is 12.6. The van der Waals surface area contributed by atoms with Gasteiger partial charge in [0.15, 0.2) is 0 Å². The largest absolute Gasteiger partial charge is 0.497 e. The standard InChI is InChI=1S/C31H33NO3/c1-34-28-13-14-29-26(20-28)21-30(25-9-5-24(22-33)6-10-25)31(29)19-23-7-11-27(12-8-23)35-18-17-32-15-3-2-4-16-32/h5-14,20,22H,2-4,15-19,21H2,1H3. The van der Waals surface area contributed by atoms with Gasteiger partial charge in [-0.05, 0) is 96.4 Å². The Morgan fingerprint density at radius 2 is 1.63 bits per heavy atom. The molecule has 1 fully saturated rings. The minimum Gasteiger partial charge on any atom is -0.497 e. The Hall–Kier alpha value is -3.37. The molecule has 1 heterocycles. The lowest BCUT2D eigenvalue weighted by Crippen LogP contribution is -2.33. The van der Waals surface area contributed by atoms with Gasteiger partial charge in [-0.1, -0.05) is 48.9 Å². The Balaban J connectivity index is 1.33. The number of piperidine rings is 1. The molecule has 180 valence electrons. The Morgan fingerprint density at radius 1 is 0.886 bits per heavy atom. The maximum absolute atomic E-state index is 11.1. The first-order valence-corrected chi connectivity index (χ1v) is 12.6. The number of aldehydes is 1. The second-order valence-corrected chi connectivity index (χ2v) is 9.47. The highest BCUT2D eigenvalue weighted by Gasteiger charge is 2.23. The molecular weight excluding hydrogens is 434 g/mol. The van der Waals surface area contributed by atoms with Crippen molar-refractivity contribution in [2.24, 2.45) is 0 Å². The number of carbonyl (C=O) groups is 1. The predicted octanol–water partition coefficient (Wildman–Crippen LogP) is 6.08. The van der Waals surface area contributed by atoms with Crippen LogP contribution in [-0.4, -0.2) is 44.5 Å². The van der Waals surface area contributed by atoms with Crippen LogP contribution >= 0.6 is 0 Å². The SMILES string of the molecule is COc1ccc2c(c1)CC(c1ccc(C=O)cc1)=C2Cc1ccc(OCCN2CCCCC2)cc1. The van der Waals surface area contributed by atoms with Crippen molar-refractivity contribution in [3.8, 4) is 11.5 Å². The quantitative estimate of drug-likeness (QED) is 0.358. The van der Waals surface area contributed by atoms with Crippen LogP contribution in [0, 0.1) is 0 Å². The van der Waals surface area contributed by atoms with Crippen molar-refractivity contribution < 1.29 is 14.3 Å². The Bertz CT molecular complexity index is 1190. The van der Waals surface area contributed by atoms with Crippen molar-refractivity contribution >= 4 is 17.4 Å². The van der Waals surface area contributed by atoms with Crippen LogP contribution in [0.1, 0.15) is 51.9 Å². The molecule has 0 amide bonds. The summed E-state index contributed by atoms with van der Waals surface area (Å²) in [4.78, 5) is 13.6. The van der Waals surface area contributed by atoms with E-state index in [1.807, 2.05) is 18.2 Å². The smallest absolute Gasteiger partial charge is 0.150 e. The number of hydrogen-bond acceptors (Lipinski definition) is 4. The van der Waals surface area contributed by atoms with Crippen LogP contribution in [0.25, 0.3) is 11.1 Å². The number of methoxy groups -OCH3 is 1. The lowest BCUT2D eigenvalue weighted by Gasteiger charge is -2.26. The van der Waals surface area contributed by atoms with E-state index < -0.39 is 0 Å². The van der Waals surface area contributed by atoms with Gasteiger partial charge in [-0.3, -0.25) is 9.69 Å². The fraction of sp³-hybridized carbons (Fsp3) is 0.323. The van der Waals surface area contributed by atoms with Gasteiger partial charge < -0.3 is 9.47 Å². The molecule has 0 spiro atoms. The van der Waals surface area contributed by atoms with E-state index in [4.69, 9.17) is 9.47 Å². The molecule has 0 atom stereocenters. The van der Waals surface area contributed by atoms with Crippen LogP contribution in [0.5, 0.6) is 11.5 Å². The third-order valence-electron chi connectivity index (χ3n) is 7.19. The Kier molecular flexibility index (Phi) is 7.29. The molecule has 1 aliphatic carbocycles. The van der Waals surface area contributed by atoms with Gasteiger partial charge in [0.25, 0.3) is 0 Å². The summed E-state index contributed by atoms with van der Waals surface area (Å²) >= 11 is 0. The van der Waals surface area contributed by atoms with Crippen molar-refractivity contribution in [3.63, 3.8) is 0 Å². The zero-order valence-electron chi connectivity index (χ0n) is 20.5. The molecule has 0 unspecified atom stereocenters. The molecule has 1 aliphatic heterocycles. The average molecular weight is 468 g/mol. The monoisotopic (exact) mass is 467 g/mol. The number of hydrogen-bond donors (Lipinski definition) is 0. The van der Waals surface area contributed by atoms with E-state index in [-0.39, 0.29) is 0 Å². The van der Waals surface area contributed by atoms with Gasteiger partial charge in [0.05, 0.1) is 7.11 Å². The summed E-state index contributed by atoms with van der Waals surface area (Å²) in [7, 11) is 1.71. The Labute approximate surface area is 208 Å². The highest BCUT2D eigenvalue weighted by molar-refractivity contribution is 5.98. The molecule has 3 aromatic carbocycles. The summed E-state index contributed by atoms with van der Waals surface area (Å²) in [5, 5.41) is 0. The first kappa shape index (κ1) is 23.4. The number of rotatable bonds is 9. The van der Waals surface area contributed by atoms with Gasteiger partial charge in [-0.25, -0.2) is 0 Å². The lowest BCUT2D eigenvalue weighted by molar-refractivity contribution is 0.112. The van der Waals surface area contributed by atoms with Gasteiger partial charge in [-0.15, -0.1) is 0 Å². The van der Waals surface area contributed by atoms with Crippen LogP contribution in [0.15, 0.2) is 66.7 Å². The molecule has 4 nitrogen and oxygen atoms in total. The first-order chi connectivity index (χ1) is 17.2. The number of carbonyl (C=O) groups excluding carboxylic acids is 1. The molecule has 5 rings (SSSR count). The minimum atomic E-state index is 0.698. The van der Waals surface area contributed by atoms with Crippen molar-refractivity contribution in [2.45, 2.75) is 32.1 Å². The van der Waals surface area contributed by atoms with E-state index in [9.17, 15) is 4.79 Å². The molecule has 1 saturated heterocycles. The number of likely N-dealkylation sites (tertiary alicyclic amines) is 1. The number of ether oxygens (including phenoxy) is 2. The predicted molar refractivity (Wildman–Crippen MR) is 141 cm³/mol. The maximum atomic E-state index is 11.1. The van der Waals surface area contributed by atoms with E-state index in [1.165, 1.54) is 65.8 Å². The summed E-state index contributed by atoms with van der Waals surface area (Å²) in [6.07, 6.45) is 6.58. The number of nitrogens with zero attached hydrogens (tertiary/aromatic N) is 1. The fourth-order valence-electron chi connectivity index (χ4n) is 5.22. The average Bonchev–Trinajstić information content (AvgIpc) is 3.27. The summed E-state index contributed by atoms with van der Waals surface area (Å²) < 4.78 is 11.5. The number of allylic oxidation sites excluding steroid dienone is 2. The molecule has 2 aliphatic rings. The van der Waals surface area contributed by atoms with Gasteiger partial charge in [0.1, 0.15) is 24.4 Å². The highest BCUT2D eigenvalue weighted by Crippen LogP contribution is 2.41. The van der Waals surface area contributed by atoms with Crippen LogP contribution in [0.4, 0.5) is 0 Å². The van der Waals surface area contributed by atoms with Crippen LogP contribution in [0.2, 0.25) is 0 Å². The third kappa shape index (κ3) is 5.49. The number of benzene rings is 3. The molecule has 0 N–H and O–H groups in total. The molecule has 35 heavy (non-hydrogen) atoms. The normalized spacial score (nSPS) is 15.7. The van der Waals surface area contributed by atoms with E-state index >= 15 is 0 Å². The second kappa shape index (κ2) is 10.9. The van der Waals surface area contributed by atoms with Crippen LogP contribution in [0.3, 0.4) is 0 Å². The summed E-state index contributed by atoms with van der Waals surface area (Å²) in [5.74, 6) is 1.81. The molecule has 4 heteroatoms. The summed E-state index contributed by atoms with van der Waals surface area (Å²) in [6, 6.07) is 22.8. The van der Waals surface area contributed by atoms with Gasteiger partial charge in [0.2, 0.25) is 0 Å². The lowest BCUT2D eigenvalue weighted by atomic mass is 9.94. The van der Waals surface area contributed by atoms with Crippen molar-refractivity contribution in [2.75, 3.05) is 33.4 Å². The maximum Gasteiger partial charge on any atom is 0.150 e. The molecule has 0 bridgehead atoms. The van der Waals surface area contributed by atoms with Crippen molar-refractivity contribution in [1.82, 2.24) is 4.90 Å². The second-order valence-electron chi connectivity index (χ2n) is 9.47.